The van der Waals surface area contributed by atoms with Gasteiger partial charge >= 0.3 is 6.18 Å². The normalized spacial score (nSPS) is 13.7. The molecule has 1 saturated carbocycles. The number of hydrogen-bond donors (Lipinski definition) is 1. The summed E-state index contributed by atoms with van der Waals surface area (Å²) >= 11 is 3.53. The largest absolute Gasteiger partial charge is 0.416 e. The van der Waals surface area contributed by atoms with Crippen LogP contribution in [0.2, 0.25) is 0 Å². The van der Waals surface area contributed by atoms with Crippen molar-refractivity contribution in [2.75, 3.05) is 18.9 Å². The molecule has 166 valence electrons. The first-order valence-electron chi connectivity index (χ1n) is 10.0. The molecule has 9 heteroatoms. The summed E-state index contributed by atoms with van der Waals surface area (Å²) in [4.78, 5) is 23.3. The zero-order valence-electron chi connectivity index (χ0n) is 17.2. The highest BCUT2D eigenvalue weighted by Gasteiger charge is 2.31. The second-order valence-electron chi connectivity index (χ2n) is 7.59. The fraction of sp³-hybridized carbons (Fsp3) is 0.261. The molecule has 0 unspecified atom stereocenters. The number of amides is 1. The van der Waals surface area contributed by atoms with Crippen LogP contribution in [-0.4, -0.2) is 40.4 Å². The molecule has 5 nitrogen and oxygen atoms in total. The van der Waals surface area contributed by atoms with Gasteiger partial charge in [-0.1, -0.05) is 42.5 Å². The van der Waals surface area contributed by atoms with Crippen LogP contribution in [-0.2, 0) is 11.0 Å². The molecule has 0 radical (unpaired) electrons. The van der Waals surface area contributed by atoms with Crippen molar-refractivity contribution in [2.45, 2.75) is 25.1 Å². The Hall–Kier alpha value is -2.94. The number of carbonyl (C=O) groups is 1. The van der Waals surface area contributed by atoms with Crippen molar-refractivity contribution in [2.24, 2.45) is 0 Å². The number of nitrogens with zero attached hydrogens (tertiary/aromatic N) is 3. The predicted octanol–water partition coefficient (Wildman–Crippen LogP) is 5.62. The first-order valence-corrected chi connectivity index (χ1v) is 10.8. The number of nitrogens with one attached hydrogen (secondary N) is 1. The van der Waals surface area contributed by atoms with Crippen LogP contribution < -0.4 is 5.32 Å². The van der Waals surface area contributed by atoms with Crippen molar-refractivity contribution < 1.29 is 18.0 Å². The Balaban J connectivity index is 1.69. The molecule has 0 bridgehead atoms. The fourth-order valence-corrected chi connectivity index (χ4v) is 3.78. The number of halogens is 4. The summed E-state index contributed by atoms with van der Waals surface area (Å²) in [6, 6.07) is 14.3. The Morgan fingerprint density at radius 2 is 1.72 bits per heavy atom. The summed E-state index contributed by atoms with van der Waals surface area (Å²) in [5, 5.41) is 3.06. The summed E-state index contributed by atoms with van der Waals surface area (Å²) in [6.07, 6.45) is -2.40. The summed E-state index contributed by atoms with van der Waals surface area (Å²) in [5.41, 5.74) is 1.07. The molecule has 0 atom stereocenters. The van der Waals surface area contributed by atoms with E-state index in [1.165, 1.54) is 12.1 Å². The minimum Gasteiger partial charge on any atom is -0.360 e. The average molecular weight is 505 g/mol. The van der Waals surface area contributed by atoms with E-state index in [4.69, 9.17) is 0 Å². The minimum absolute atomic E-state index is 0.0449. The zero-order valence-corrected chi connectivity index (χ0v) is 18.7. The number of carbonyl (C=O) groups excluding carboxylic acids is 1. The molecule has 0 spiro atoms. The molecule has 1 aliphatic carbocycles. The molecule has 4 rings (SSSR count). The van der Waals surface area contributed by atoms with Crippen molar-refractivity contribution in [1.29, 1.82) is 0 Å². The smallest absolute Gasteiger partial charge is 0.360 e. The first-order chi connectivity index (χ1) is 15.2. The molecular weight excluding hydrogens is 485 g/mol. The third-order valence-electron chi connectivity index (χ3n) is 5.26. The standard InChI is InChI=1S/C23H20BrF3N4O/c1-31(17-11-12-17)18(32)13-28-22-19(24)20(14-5-3-2-4-6-14)29-21(30-22)15-7-9-16(10-8-15)23(25,26)27/h2-10,17H,11-13H2,1H3,(H,28,29,30). The number of anilines is 1. The van der Waals surface area contributed by atoms with Gasteiger partial charge in [0.25, 0.3) is 0 Å². The molecule has 1 aromatic heterocycles. The Labute approximate surface area is 191 Å². The van der Waals surface area contributed by atoms with E-state index < -0.39 is 11.7 Å². The molecule has 0 saturated heterocycles. The minimum atomic E-state index is -4.42. The third-order valence-corrected chi connectivity index (χ3v) is 6.02. The van der Waals surface area contributed by atoms with Gasteiger partial charge in [-0.05, 0) is 40.9 Å². The molecular formula is C23H20BrF3N4O. The predicted molar refractivity (Wildman–Crippen MR) is 120 cm³/mol. The third kappa shape index (κ3) is 4.93. The lowest BCUT2D eigenvalue weighted by atomic mass is 10.1. The molecule has 1 heterocycles. The van der Waals surface area contributed by atoms with Gasteiger partial charge in [0.05, 0.1) is 22.3 Å². The van der Waals surface area contributed by atoms with Crippen molar-refractivity contribution in [3.05, 3.63) is 64.6 Å². The van der Waals surface area contributed by atoms with Gasteiger partial charge in [-0.25, -0.2) is 9.97 Å². The summed E-state index contributed by atoms with van der Waals surface area (Å²) in [5.74, 6) is 0.591. The molecule has 3 aromatic rings. The summed E-state index contributed by atoms with van der Waals surface area (Å²) < 4.78 is 39.4. The Bertz CT molecular complexity index is 1120. The highest BCUT2D eigenvalue weighted by Crippen LogP contribution is 2.35. The molecule has 1 aliphatic rings. The maximum Gasteiger partial charge on any atom is 0.416 e. The van der Waals surface area contributed by atoms with E-state index in [0.717, 1.165) is 30.5 Å². The highest BCUT2D eigenvalue weighted by molar-refractivity contribution is 9.10. The van der Waals surface area contributed by atoms with Crippen LogP contribution >= 0.6 is 15.9 Å². The number of benzene rings is 2. The van der Waals surface area contributed by atoms with Crippen molar-refractivity contribution >= 4 is 27.7 Å². The Morgan fingerprint density at radius 1 is 1.06 bits per heavy atom. The molecule has 0 aliphatic heterocycles. The molecule has 1 N–H and O–H groups in total. The quantitative estimate of drug-likeness (QED) is 0.472. The second-order valence-corrected chi connectivity index (χ2v) is 8.38. The second kappa shape index (κ2) is 8.90. The monoisotopic (exact) mass is 504 g/mol. The van der Waals surface area contributed by atoms with Gasteiger partial charge in [0, 0.05) is 24.2 Å². The van der Waals surface area contributed by atoms with E-state index >= 15 is 0 Å². The topological polar surface area (TPSA) is 58.1 Å². The van der Waals surface area contributed by atoms with E-state index in [0.29, 0.717) is 27.6 Å². The SMILES string of the molecule is CN(C(=O)CNc1nc(-c2ccc(C(F)(F)F)cc2)nc(-c2ccccc2)c1Br)C1CC1. The van der Waals surface area contributed by atoms with E-state index in [-0.39, 0.29) is 18.3 Å². The summed E-state index contributed by atoms with van der Waals surface area (Å²) in [7, 11) is 1.78. The maximum atomic E-state index is 12.9. The number of alkyl halides is 3. The lowest BCUT2D eigenvalue weighted by Crippen LogP contribution is -2.34. The van der Waals surface area contributed by atoms with Crippen molar-refractivity contribution in [3.63, 3.8) is 0 Å². The van der Waals surface area contributed by atoms with Gasteiger partial charge < -0.3 is 10.2 Å². The van der Waals surface area contributed by atoms with E-state index in [1.807, 2.05) is 30.3 Å². The number of hydrogen-bond acceptors (Lipinski definition) is 4. The highest BCUT2D eigenvalue weighted by atomic mass is 79.9. The Morgan fingerprint density at radius 3 is 2.31 bits per heavy atom. The fourth-order valence-electron chi connectivity index (χ4n) is 3.24. The molecule has 2 aromatic carbocycles. The van der Waals surface area contributed by atoms with Crippen LogP contribution in [0.4, 0.5) is 19.0 Å². The van der Waals surface area contributed by atoms with Crippen LogP contribution in [0, 0.1) is 0 Å². The van der Waals surface area contributed by atoms with Crippen LogP contribution in [0.1, 0.15) is 18.4 Å². The van der Waals surface area contributed by atoms with Gasteiger partial charge in [-0.3, -0.25) is 4.79 Å². The van der Waals surface area contributed by atoms with Gasteiger partial charge in [-0.15, -0.1) is 0 Å². The van der Waals surface area contributed by atoms with E-state index in [9.17, 15) is 18.0 Å². The van der Waals surface area contributed by atoms with E-state index in [1.54, 1.807) is 11.9 Å². The molecule has 32 heavy (non-hydrogen) atoms. The van der Waals surface area contributed by atoms with Crippen molar-refractivity contribution in [1.82, 2.24) is 14.9 Å². The Kier molecular flexibility index (Phi) is 6.19. The lowest BCUT2D eigenvalue weighted by Gasteiger charge is -2.18. The van der Waals surface area contributed by atoms with Crippen LogP contribution in [0.15, 0.2) is 59.1 Å². The maximum absolute atomic E-state index is 12.9. The van der Waals surface area contributed by atoms with Gasteiger partial charge in [0.1, 0.15) is 5.82 Å². The lowest BCUT2D eigenvalue weighted by molar-refractivity contribution is -0.137. The van der Waals surface area contributed by atoms with Crippen LogP contribution in [0.25, 0.3) is 22.6 Å². The first kappa shape index (κ1) is 22.3. The van der Waals surface area contributed by atoms with Gasteiger partial charge in [0.2, 0.25) is 5.91 Å². The summed E-state index contributed by atoms with van der Waals surface area (Å²) in [6.45, 7) is 0.0449. The number of aromatic nitrogens is 2. The average Bonchev–Trinajstić information content (AvgIpc) is 3.63. The molecule has 1 amide bonds. The van der Waals surface area contributed by atoms with E-state index in [2.05, 4.69) is 31.2 Å². The van der Waals surface area contributed by atoms with Crippen LogP contribution in [0.3, 0.4) is 0 Å². The van der Waals surface area contributed by atoms with Gasteiger partial charge in [0.15, 0.2) is 5.82 Å². The van der Waals surface area contributed by atoms with Crippen LogP contribution in [0.5, 0.6) is 0 Å². The number of rotatable bonds is 6. The number of likely N-dealkylation sites (N-methyl/N-ethyl adjacent to an activating group) is 1. The van der Waals surface area contributed by atoms with Gasteiger partial charge in [-0.2, -0.15) is 13.2 Å². The van der Waals surface area contributed by atoms with Crippen molar-refractivity contribution in [3.8, 4) is 22.6 Å². The molecule has 1 fully saturated rings. The zero-order chi connectivity index (χ0) is 22.9.